The second-order valence-electron chi connectivity index (χ2n) is 3.86. The van der Waals surface area contributed by atoms with Gasteiger partial charge in [0.2, 0.25) is 0 Å². The largest absolute Gasteiger partial charge is 0.411 e. The summed E-state index contributed by atoms with van der Waals surface area (Å²) in [6, 6.07) is 0. The highest BCUT2D eigenvalue weighted by Crippen LogP contribution is 2.38. The lowest BCUT2D eigenvalue weighted by molar-refractivity contribution is 0.257. The normalized spacial score (nSPS) is 40.9. The zero-order chi connectivity index (χ0) is 7.68. The van der Waals surface area contributed by atoms with Crippen LogP contribution in [0, 0.1) is 11.8 Å². The second kappa shape index (κ2) is 2.84. The molecule has 62 valence electrons. The molecule has 11 heavy (non-hydrogen) atoms. The molecule has 2 bridgehead atoms. The van der Waals surface area contributed by atoms with E-state index >= 15 is 0 Å². The van der Waals surface area contributed by atoms with Gasteiger partial charge in [-0.15, -0.1) is 0 Å². The van der Waals surface area contributed by atoms with Crippen molar-refractivity contribution in [2.45, 2.75) is 38.5 Å². The number of rotatable bonds is 0. The fraction of sp³-hybridized carbons (Fsp3) is 0.889. The van der Waals surface area contributed by atoms with E-state index in [1.165, 1.54) is 32.1 Å². The molecular formula is C9H15NO. The Balaban J connectivity index is 2.08. The minimum atomic E-state index is 0.632. The molecule has 0 spiro atoms. The van der Waals surface area contributed by atoms with Crippen LogP contribution in [0.2, 0.25) is 0 Å². The van der Waals surface area contributed by atoms with Gasteiger partial charge in [0, 0.05) is 5.92 Å². The highest BCUT2D eigenvalue weighted by atomic mass is 16.4. The number of nitrogens with zero attached hydrogens (tertiary/aromatic N) is 1. The molecule has 2 fully saturated rings. The lowest BCUT2D eigenvalue weighted by Gasteiger charge is -2.34. The van der Waals surface area contributed by atoms with E-state index in [1.807, 2.05) is 0 Å². The molecule has 2 atom stereocenters. The van der Waals surface area contributed by atoms with E-state index in [-0.39, 0.29) is 0 Å². The summed E-state index contributed by atoms with van der Waals surface area (Å²) in [5.41, 5.74) is 1.07. The second-order valence-corrected chi connectivity index (χ2v) is 3.86. The van der Waals surface area contributed by atoms with Gasteiger partial charge in [0.15, 0.2) is 0 Å². The molecule has 2 saturated carbocycles. The van der Waals surface area contributed by atoms with Crippen molar-refractivity contribution in [3.05, 3.63) is 0 Å². The predicted octanol–water partition coefficient (Wildman–Crippen LogP) is 2.42. The third-order valence-corrected chi connectivity index (χ3v) is 3.19. The van der Waals surface area contributed by atoms with E-state index < -0.39 is 0 Å². The topological polar surface area (TPSA) is 32.6 Å². The van der Waals surface area contributed by atoms with Crippen LogP contribution in [0.3, 0.4) is 0 Å². The Kier molecular flexibility index (Phi) is 1.84. The molecule has 0 heterocycles. The smallest absolute Gasteiger partial charge is 0.0601 e. The monoisotopic (exact) mass is 153 g/mol. The van der Waals surface area contributed by atoms with Crippen LogP contribution < -0.4 is 0 Å². The van der Waals surface area contributed by atoms with Crippen LogP contribution >= 0.6 is 0 Å². The van der Waals surface area contributed by atoms with Crippen LogP contribution in [0.1, 0.15) is 38.5 Å². The van der Waals surface area contributed by atoms with Gasteiger partial charge < -0.3 is 5.21 Å². The van der Waals surface area contributed by atoms with Gasteiger partial charge >= 0.3 is 0 Å². The third kappa shape index (κ3) is 1.26. The molecule has 2 heteroatoms. The summed E-state index contributed by atoms with van der Waals surface area (Å²) in [6.45, 7) is 0. The minimum Gasteiger partial charge on any atom is -0.411 e. The molecule has 2 nitrogen and oxygen atoms in total. The van der Waals surface area contributed by atoms with Gasteiger partial charge in [-0.1, -0.05) is 18.0 Å². The Morgan fingerprint density at radius 1 is 1.27 bits per heavy atom. The van der Waals surface area contributed by atoms with Gasteiger partial charge in [0.1, 0.15) is 0 Å². The summed E-state index contributed by atoms with van der Waals surface area (Å²) in [4.78, 5) is 0. The zero-order valence-electron chi connectivity index (χ0n) is 6.79. The van der Waals surface area contributed by atoms with Gasteiger partial charge in [-0.05, 0) is 31.6 Å². The fourth-order valence-corrected chi connectivity index (χ4v) is 2.54. The summed E-state index contributed by atoms with van der Waals surface area (Å²) in [5, 5.41) is 12.1. The predicted molar refractivity (Wildman–Crippen MR) is 43.9 cm³/mol. The number of oxime groups is 1. The first kappa shape index (κ1) is 7.14. The van der Waals surface area contributed by atoms with Crippen LogP contribution in [-0.4, -0.2) is 10.9 Å². The van der Waals surface area contributed by atoms with E-state index in [0.29, 0.717) is 5.92 Å². The fourth-order valence-electron chi connectivity index (χ4n) is 2.54. The molecule has 0 radical (unpaired) electrons. The molecule has 0 amide bonds. The van der Waals surface area contributed by atoms with E-state index in [4.69, 9.17) is 5.21 Å². The van der Waals surface area contributed by atoms with Gasteiger partial charge in [-0.3, -0.25) is 0 Å². The Labute approximate surface area is 67.3 Å². The van der Waals surface area contributed by atoms with Gasteiger partial charge in [-0.2, -0.15) is 0 Å². The van der Waals surface area contributed by atoms with Gasteiger partial charge in [-0.25, -0.2) is 0 Å². The van der Waals surface area contributed by atoms with Crippen LogP contribution in [-0.2, 0) is 0 Å². The Morgan fingerprint density at radius 3 is 3.00 bits per heavy atom. The summed E-state index contributed by atoms with van der Waals surface area (Å²) in [5.74, 6) is 1.58. The van der Waals surface area contributed by atoms with Crippen molar-refractivity contribution in [3.63, 3.8) is 0 Å². The number of hydrogen-bond donors (Lipinski definition) is 1. The number of fused-ring (bicyclic) bond motifs is 2. The van der Waals surface area contributed by atoms with Crippen LogP contribution in [0.5, 0.6) is 0 Å². The van der Waals surface area contributed by atoms with E-state index in [9.17, 15) is 0 Å². The zero-order valence-corrected chi connectivity index (χ0v) is 6.79. The maximum absolute atomic E-state index is 8.69. The van der Waals surface area contributed by atoms with Crippen molar-refractivity contribution in [1.82, 2.24) is 0 Å². The van der Waals surface area contributed by atoms with E-state index in [0.717, 1.165) is 18.1 Å². The first-order valence-electron chi connectivity index (χ1n) is 4.61. The average Bonchev–Trinajstić information content (AvgIpc) is 2.06. The average molecular weight is 153 g/mol. The highest BCUT2D eigenvalue weighted by molar-refractivity contribution is 5.87. The van der Waals surface area contributed by atoms with Crippen molar-refractivity contribution in [2.75, 3.05) is 0 Å². The molecule has 2 rings (SSSR count). The molecule has 1 N–H and O–H groups in total. The van der Waals surface area contributed by atoms with Crippen molar-refractivity contribution >= 4 is 5.71 Å². The molecule has 0 aromatic carbocycles. The van der Waals surface area contributed by atoms with Crippen LogP contribution in [0.15, 0.2) is 5.16 Å². The third-order valence-electron chi connectivity index (χ3n) is 3.19. The standard InChI is InChI=1S/C9H15NO/c11-10-9-5-4-7-2-1-3-8(9)6-7/h7-8,11H,1-6H2/b10-9-/t7-,8-/m0/s1. The Bertz CT molecular complexity index is 176. The van der Waals surface area contributed by atoms with Crippen LogP contribution in [0.25, 0.3) is 0 Å². The van der Waals surface area contributed by atoms with Crippen molar-refractivity contribution in [2.24, 2.45) is 17.0 Å². The Hall–Kier alpha value is -0.530. The highest BCUT2D eigenvalue weighted by Gasteiger charge is 2.30. The van der Waals surface area contributed by atoms with E-state index in [2.05, 4.69) is 5.16 Å². The lowest BCUT2D eigenvalue weighted by atomic mass is 9.71. The summed E-state index contributed by atoms with van der Waals surface area (Å²) in [7, 11) is 0. The molecule has 2 aliphatic rings. The molecule has 0 unspecified atom stereocenters. The minimum absolute atomic E-state index is 0.632. The van der Waals surface area contributed by atoms with E-state index in [1.54, 1.807) is 0 Å². The van der Waals surface area contributed by atoms with Gasteiger partial charge in [0.05, 0.1) is 5.71 Å². The van der Waals surface area contributed by atoms with Crippen molar-refractivity contribution in [1.29, 1.82) is 0 Å². The SMILES string of the molecule is O/N=C1/CC[C@@H]2CCC[C@H]1C2. The summed E-state index contributed by atoms with van der Waals surface area (Å²) < 4.78 is 0. The first-order chi connectivity index (χ1) is 5.40. The maximum Gasteiger partial charge on any atom is 0.0601 e. The summed E-state index contributed by atoms with van der Waals surface area (Å²) >= 11 is 0. The quantitative estimate of drug-likeness (QED) is 0.420. The van der Waals surface area contributed by atoms with Gasteiger partial charge in [0.25, 0.3) is 0 Å². The summed E-state index contributed by atoms with van der Waals surface area (Å²) in [6.07, 6.45) is 7.61. The molecule has 0 aliphatic heterocycles. The van der Waals surface area contributed by atoms with Crippen molar-refractivity contribution < 1.29 is 5.21 Å². The number of hydrogen-bond acceptors (Lipinski definition) is 2. The molecule has 2 aliphatic carbocycles. The Morgan fingerprint density at radius 2 is 2.18 bits per heavy atom. The van der Waals surface area contributed by atoms with Crippen molar-refractivity contribution in [3.8, 4) is 0 Å². The molecular weight excluding hydrogens is 138 g/mol. The maximum atomic E-state index is 8.69. The lowest BCUT2D eigenvalue weighted by Crippen LogP contribution is -2.28. The molecule has 0 aromatic rings. The molecule has 0 aromatic heterocycles. The van der Waals surface area contributed by atoms with Crippen LogP contribution in [0.4, 0.5) is 0 Å². The molecule has 0 saturated heterocycles. The first-order valence-corrected chi connectivity index (χ1v) is 4.61.